The van der Waals surface area contributed by atoms with E-state index in [1.54, 1.807) is 72.8 Å². The number of hydrogen-bond acceptors (Lipinski definition) is 10. The second-order valence-electron chi connectivity index (χ2n) is 15.1. The number of carbonyl (C=O) groups is 2. The number of pyridine rings is 1. The summed E-state index contributed by atoms with van der Waals surface area (Å²) in [5.74, 6) is -0.556. The number of nitrogens with zero attached hydrogens (tertiary/aromatic N) is 1. The molecule has 12 nitrogen and oxygen atoms in total. The minimum Gasteiger partial charge on any atom is -0.506 e. The number of aromatic amines is 1. The molecule has 3 atom stereocenters. The van der Waals surface area contributed by atoms with Gasteiger partial charge in [0.25, 0.3) is 5.91 Å². The van der Waals surface area contributed by atoms with Gasteiger partial charge in [0.1, 0.15) is 17.6 Å². The molecular weight excluding hydrogens is 761 g/mol. The lowest BCUT2D eigenvalue weighted by Crippen LogP contribution is -2.45. The first kappa shape index (κ1) is 41.8. The van der Waals surface area contributed by atoms with Crippen molar-refractivity contribution in [3.63, 3.8) is 0 Å². The number of aromatic hydroxyl groups is 1. The predicted octanol–water partition coefficient (Wildman–Crippen LogP) is 5.70. The fourth-order valence-electron chi connectivity index (χ4n) is 7.58. The van der Waals surface area contributed by atoms with Crippen molar-refractivity contribution in [2.75, 3.05) is 32.8 Å². The van der Waals surface area contributed by atoms with Crippen LogP contribution in [0.15, 0.2) is 138 Å². The summed E-state index contributed by atoms with van der Waals surface area (Å²) in [6, 6.07) is 39.0. The van der Waals surface area contributed by atoms with Crippen LogP contribution >= 0.6 is 0 Å². The summed E-state index contributed by atoms with van der Waals surface area (Å²) >= 11 is 0. The number of hydrogen-bond donors (Lipinski definition) is 6. The van der Waals surface area contributed by atoms with Gasteiger partial charge in [-0.2, -0.15) is 0 Å². The zero-order valence-electron chi connectivity index (χ0n) is 33.3. The fourth-order valence-corrected chi connectivity index (χ4v) is 7.58. The number of esters is 1. The summed E-state index contributed by atoms with van der Waals surface area (Å²) in [5, 5.41) is 39.9. The second kappa shape index (κ2) is 19.6. The highest BCUT2D eigenvalue weighted by Crippen LogP contribution is 2.34. The summed E-state index contributed by atoms with van der Waals surface area (Å²) in [4.78, 5) is 43.5. The highest BCUT2D eigenvalue weighted by Gasteiger charge is 2.43. The Kier molecular flexibility index (Phi) is 13.7. The molecule has 1 fully saturated rings. The van der Waals surface area contributed by atoms with E-state index in [4.69, 9.17) is 9.47 Å². The van der Waals surface area contributed by atoms with Gasteiger partial charge in [-0.15, -0.1) is 0 Å². The van der Waals surface area contributed by atoms with Crippen LogP contribution in [-0.4, -0.2) is 76.0 Å². The number of phenols is 1. The number of aliphatic hydroxyl groups excluding tert-OH is 1. The number of carbonyl (C=O) groups excluding carboxylic acids is 2. The molecule has 1 aliphatic rings. The molecule has 6 N–H and O–H groups in total. The van der Waals surface area contributed by atoms with Crippen LogP contribution in [0.3, 0.4) is 0 Å². The fraction of sp³-hybridized carbons (Fsp3) is 0.271. The Labute approximate surface area is 348 Å². The number of fused-ring (bicyclic) bond motifs is 1. The van der Waals surface area contributed by atoms with Crippen LogP contribution in [0.5, 0.6) is 11.5 Å². The minimum absolute atomic E-state index is 0.0674. The number of phenolic OH excluding ortho intramolecular Hbond substituents is 1. The quantitative estimate of drug-likeness (QED) is 0.0496. The van der Waals surface area contributed by atoms with E-state index in [2.05, 4.69) is 32.7 Å². The molecule has 1 saturated heterocycles. The van der Waals surface area contributed by atoms with Crippen molar-refractivity contribution in [1.82, 2.24) is 20.5 Å². The third kappa shape index (κ3) is 10.3. The van der Waals surface area contributed by atoms with Gasteiger partial charge < -0.3 is 40.4 Å². The van der Waals surface area contributed by atoms with Crippen LogP contribution < -0.4 is 20.9 Å². The standard InChI is InChI=1S/C48H50N4O8/c53-42-23-21-40(41-22-24-44(55)51-45(41)42)43(54)30-49-29-33-17-19-35(20-18-33)46(56)50-25-9-27-59-38-15-7-14-37(28-38)48(58,36-12-5-2-6-13-36)47(57)60-39-16-8-26-52(32-39)31-34-10-3-1-4-11-34/h1-7,10-15,17-24,28,39,43,49,53-54,58H,8-9,16,25-27,29-32H2,(H,50,56)(H,51,55)/t39-,43-,48-/m0/s1. The van der Waals surface area contributed by atoms with Crippen molar-refractivity contribution >= 4 is 22.8 Å². The van der Waals surface area contributed by atoms with Crippen LogP contribution in [0.2, 0.25) is 0 Å². The smallest absolute Gasteiger partial charge is 0.348 e. The molecule has 1 aromatic heterocycles. The number of aromatic nitrogens is 1. The number of piperidine rings is 1. The summed E-state index contributed by atoms with van der Waals surface area (Å²) in [6.45, 7) is 3.56. The van der Waals surface area contributed by atoms with Gasteiger partial charge >= 0.3 is 5.97 Å². The van der Waals surface area contributed by atoms with Crippen LogP contribution in [-0.2, 0) is 28.2 Å². The van der Waals surface area contributed by atoms with Gasteiger partial charge in [0.15, 0.2) is 0 Å². The van der Waals surface area contributed by atoms with Crippen molar-refractivity contribution in [2.24, 2.45) is 0 Å². The van der Waals surface area contributed by atoms with E-state index < -0.39 is 17.7 Å². The van der Waals surface area contributed by atoms with Gasteiger partial charge in [-0.05, 0) is 84.5 Å². The van der Waals surface area contributed by atoms with E-state index in [0.717, 1.165) is 25.1 Å². The van der Waals surface area contributed by atoms with E-state index in [0.29, 0.717) is 65.9 Å². The molecule has 2 heterocycles. The molecule has 1 amide bonds. The van der Waals surface area contributed by atoms with Crippen LogP contribution in [0, 0.1) is 0 Å². The Balaban J connectivity index is 0.879. The highest BCUT2D eigenvalue weighted by atomic mass is 16.6. The number of H-pyrrole nitrogens is 1. The topological polar surface area (TPSA) is 173 Å². The molecule has 5 aromatic carbocycles. The van der Waals surface area contributed by atoms with E-state index in [-0.39, 0.29) is 42.0 Å². The van der Waals surface area contributed by atoms with Crippen LogP contribution in [0.4, 0.5) is 0 Å². The van der Waals surface area contributed by atoms with Crippen molar-refractivity contribution in [3.05, 3.63) is 177 Å². The Morgan fingerprint density at radius 2 is 1.62 bits per heavy atom. The van der Waals surface area contributed by atoms with Crippen LogP contribution in [0.1, 0.15) is 63.5 Å². The molecule has 0 radical (unpaired) electrons. The molecular formula is C48H50N4O8. The number of aliphatic hydroxyl groups is 2. The van der Waals surface area contributed by atoms with Gasteiger partial charge in [0.2, 0.25) is 11.2 Å². The first-order valence-corrected chi connectivity index (χ1v) is 20.3. The molecule has 12 heteroatoms. The zero-order valence-corrected chi connectivity index (χ0v) is 33.3. The molecule has 0 aliphatic carbocycles. The number of nitrogens with one attached hydrogen (secondary N) is 3. The minimum atomic E-state index is -2.06. The zero-order chi connectivity index (χ0) is 41.9. The second-order valence-corrected chi connectivity index (χ2v) is 15.1. The van der Waals surface area contributed by atoms with Crippen molar-refractivity contribution in [1.29, 1.82) is 0 Å². The normalized spacial score (nSPS) is 15.8. The molecule has 0 bridgehead atoms. The van der Waals surface area contributed by atoms with Crippen molar-refractivity contribution in [3.8, 4) is 11.5 Å². The van der Waals surface area contributed by atoms with Gasteiger partial charge in [0, 0.05) is 55.3 Å². The Bertz CT molecular complexity index is 2430. The third-order valence-electron chi connectivity index (χ3n) is 10.7. The molecule has 60 heavy (non-hydrogen) atoms. The first-order valence-electron chi connectivity index (χ1n) is 20.3. The Morgan fingerprint density at radius 1 is 0.867 bits per heavy atom. The SMILES string of the molecule is O=C(NCCCOc1cccc([C@](O)(C(=O)O[C@H]2CCCN(Cc3ccccc3)C2)c2ccccc2)c1)c1ccc(CNC[C@H](O)c2ccc(O)c3[nH]c(=O)ccc23)cc1. The molecule has 0 spiro atoms. The molecule has 0 saturated carbocycles. The number of amides is 1. The Hall–Kier alpha value is -6.31. The van der Waals surface area contributed by atoms with Crippen LogP contribution in [0.25, 0.3) is 10.9 Å². The summed E-state index contributed by atoms with van der Waals surface area (Å²) in [6.07, 6.45) is 0.854. The van der Waals surface area contributed by atoms with Crippen molar-refractivity contribution in [2.45, 2.75) is 50.2 Å². The van der Waals surface area contributed by atoms with E-state index in [9.17, 15) is 29.7 Å². The molecule has 1 aliphatic heterocycles. The third-order valence-corrected chi connectivity index (χ3v) is 10.7. The van der Waals surface area contributed by atoms with E-state index >= 15 is 0 Å². The Morgan fingerprint density at radius 3 is 2.40 bits per heavy atom. The maximum absolute atomic E-state index is 14.0. The largest absolute Gasteiger partial charge is 0.506 e. The highest BCUT2D eigenvalue weighted by molar-refractivity contribution is 5.94. The monoisotopic (exact) mass is 810 g/mol. The number of rotatable bonds is 17. The van der Waals surface area contributed by atoms with Gasteiger partial charge in [-0.25, -0.2) is 4.79 Å². The number of ether oxygens (including phenoxy) is 2. The maximum atomic E-state index is 14.0. The summed E-state index contributed by atoms with van der Waals surface area (Å²) in [5.41, 5.74) is 1.80. The molecule has 0 unspecified atom stereocenters. The number of benzene rings is 5. The van der Waals surface area contributed by atoms with Gasteiger partial charge in [-0.3, -0.25) is 14.5 Å². The van der Waals surface area contributed by atoms with E-state index in [1.807, 2.05) is 36.4 Å². The average molecular weight is 811 g/mol. The number of likely N-dealkylation sites (tertiary alicyclic amines) is 1. The average Bonchev–Trinajstić information content (AvgIpc) is 3.27. The lowest BCUT2D eigenvalue weighted by atomic mass is 9.86. The lowest BCUT2D eigenvalue weighted by molar-refractivity contribution is -0.170. The lowest BCUT2D eigenvalue weighted by Gasteiger charge is -2.35. The molecule has 6 aromatic rings. The predicted molar refractivity (Wildman–Crippen MR) is 229 cm³/mol. The van der Waals surface area contributed by atoms with Gasteiger partial charge in [-0.1, -0.05) is 91.0 Å². The summed E-state index contributed by atoms with van der Waals surface area (Å²) in [7, 11) is 0. The van der Waals surface area contributed by atoms with E-state index in [1.165, 1.54) is 17.7 Å². The maximum Gasteiger partial charge on any atom is 0.348 e. The molecule has 310 valence electrons. The summed E-state index contributed by atoms with van der Waals surface area (Å²) < 4.78 is 12.1. The first-order chi connectivity index (χ1) is 29.2. The van der Waals surface area contributed by atoms with Gasteiger partial charge in [0.05, 0.1) is 18.2 Å². The molecule has 7 rings (SSSR count). The van der Waals surface area contributed by atoms with Crippen molar-refractivity contribution < 1.29 is 34.4 Å².